The van der Waals surface area contributed by atoms with Crippen LogP contribution < -0.4 is 10.1 Å². The van der Waals surface area contributed by atoms with Crippen molar-refractivity contribution >= 4 is 21.6 Å². The van der Waals surface area contributed by atoms with Crippen LogP contribution in [0.25, 0.3) is 0 Å². The van der Waals surface area contributed by atoms with Crippen molar-refractivity contribution in [1.29, 1.82) is 0 Å². The molecule has 168 valence electrons. The number of hydrogen-bond donors (Lipinski definition) is 1. The zero-order valence-electron chi connectivity index (χ0n) is 18.6. The van der Waals surface area contributed by atoms with Crippen LogP contribution in [0.1, 0.15) is 24.0 Å². The molecule has 0 aliphatic carbocycles. The molecule has 0 bridgehead atoms. The third kappa shape index (κ3) is 6.06. The van der Waals surface area contributed by atoms with Crippen LogP contribution in [0.5, 0.6) is 5.75 Å². The highest BCUT2D eigenvalue weighted by molar-refractivity contribution is 7.89. The minimum absolute atomic E-state index is 0.00277. The Hall–Kier alpha value is -2.42. The van der Waals surface area contributed by atoms with E-state index in [4.69, 9.17) is 4.74 Å². The summed E-state index contributed by atoms with van der Waals surface area (Å²) in [6.07, 6.45) is 1.64. The molecule has 0 aromatic heterocycles. The maximum absolute atomic E-state index is 13.0. The van der Waals surface area contributed by atoms with Gasteiger partial charge in [0, 0.05) is 18.8 Å². The lowest BCUT2D eigenvalue weighted by Crippen LogP contribution is -2.44. The van der Waals surface area contributed by atoms with Crippen LogP contribution in [0, 0.1) is 13.8 Å². The Kier molecular flexibility index (Phi) is 7.35. The largest absolute Gasteiger partial charge is 0.484 e. The second kappa shape index (κ2) is 9.80. The van der Waals surface area contributed by atoms with E-state index >= 15 is 0 Å². The molecule has 3 rings (SSSR count). The van der Waals surface area contributed by atoms with Gasteiger partial charge in [0.1, 0.15) is 5.75 Å². The second-order valence-corrected chi connectivity index (χ2v) is 10.2. The molecule has 8 heteroatoms. The Morgan fingerprint density at radius 2 is 1.68 bits per heavy atom. The van der Waals surface area contributed by atoms with E-state index in [1.807, 2.05) is 39.1 Å². The van der Waals surface area contributed by atoms with Crippen LogP contribution in [-0.2, 0) is 14.8 Å². The molecular weight excluding hydrogens is 414 g/mol. The van der Waals surface area contributed by atoms with E-state index in [2.05, 4.69) is 10.2 Å². The maximum atomic E-state index is 13.0. The summed E-state index contributed by atoms with van der Waals surface area (Å²) in [5, 5.41) is 2.74. The van der Waals surface area contributed by atoms with Crippen molar-refractivity contribution in [1.82, 2.24) is 9.21 Å². The molecule has 0 atom stereocenters. The lowest BCUT2D eigenvalue weighted by Gasteiger charge is -2.34. The monoisotopic (exact) mass is 445 g/mol. The van der Waals surface area contributed by atoms with Gasteiger partial charge in [-0.15, -0.1) is 0 Å². The first-order chi connectivity index (χ1) is 14.6. The fourth-order valence-corrected chi connectivity index (χ4v) is 5.21. The summed E-state index contributed by atoms with van der Waals surface area (Å²) in [6, 6.07) is 12.0. The second-order valence-electron chi connectivity index (χ2n) is 8.24. The van der Waals surface area contributed by atoms with Crippen molar-refractivity contribution in [2.45, 2.75) is 37.6 Å². The molecule has 0 spiro atoms. The number of rotatable bonds is 7. The third-order valence-electron chi connectivity index (χ3n) is 5.58. The molecule has 1 N–H and O–H groups in total. The van der Waals surface area contributed by atoms with E-state index in [9.17, 15) is 13.2 Å². The first kappa shape index (κ1) is 23.2. The lowest BCUT2D eigenvalue weighted by atomic mass is 10.1. The summed E-state index contributed by atoms with van der Waals surface area (Å²) in [7, 11) is 0.112. The molecule has 1 heterocycles. The third-order valence-corrected chi connectivity index (χ3v) is 7.51. The van der Waals surface area contributed by atoms with Gasteiger partial charge in [0.15, 0.2) is 6.61 Å². The Balaban J connectivity index is 1.58. The SMILES string of the molecule is Cc1cc(C)cc(OCC(=O)Nc2ccc(S(=O)(=O)N(C)C3CCN(C)CC3)cc2)c1. The number of likely N-dealkylation sites (tertiary alicyclic amines) is 1. The molecule has 1 amide bonds. The minimum atomic E-state index is -3.58. The number of anilines is 1. The molecule has 1 fully saturated rings. The summed E-state index contributed by atoms with van der Waals surface area (Å²) >= 11 is 0. The fraction of sp³-hybridized carbons (Fsp3) is 0.435. The zero-order chi connectivity index (χ0) is 22.6. The van der Waals surface area contributed by atoms with Gasteiger partial charge in [-0.05, 0) is 94.4 Å². The van der Waals surface area contributed by atoms with Gasteiger partial charge >= 0.3 is 0 Å². The Morgan fingerprint density at radius 1 is 1.10 bits per heavy atom. The smallest absolute Gasteiger partial charge is 0.262 e. The van der Waals surface area contributed by atoms with Crippen molar-refractivity contribution in [2.24, 2.45) is 0 Å². The van der Waals surface area contributed by atoms with Crippen molar-refractivity contribution in [3.63, 3.8) is 0 Å². The number of carbonyl (C=O) groups excluding carboxylic acids is 1. The lowest BCUT2D eigenvalue weighted by molar-refractivity contribution is -0.118. The number of carbonyl (C=O) groups is 1. The van der Waals surface area contributed by atoms with E-state index < -0.39 is 10.0 Å². The highest BCUT2D eigenvalue weighted by Gasteiger charge is 2.30. The number of hydrogen-bond acceptors (Lipinski definition) is 5. The molecule has 1 saturated heterocycles. The maximum Gasteiger partial charge on any atom is 0.262 e. The zero-order valence-corrected chi connectivity index (χ0v) is 19.4. The summed E-state index contributed by atoms with van der Waals surface area (Å²) in [4.78, 5) is 14.6. The number of benzene rings is 2. The van der Waals surface area contributed by atoms with Crippen LogP contribution >= 0.6 is 0 Å². The van der Waals surface area contributed by atoms with Gasteiger partial charge in [-0.3, -0.25) is 4.79 Å². The highest BCUT2D eigenvalue weighted by Crippen LogP contribution is 2.23. The predicted molar refractivity (Wildman–Crippen MR) is 122 cm³/mol. The number of nitrogens with zero attached hydrogens (tertiary/aromatic N) is 2. The molecule has 0 saturated carbocycles. The number of nitrogens with one attached hydrogen (secondary N) is 1. The number of piperidine rings is 1. The van der Waals surface area contributed by atoms with E-state index in [0.717, 1.165) is 37.1 Å². The van der Waals surface area contributed by atoms with Gasteiger partial charge in [0.2, 0.25) is 10.0 Å². The number of amides is 1. The van der Waals surface area contributed by atoms with Gasteiger partial charge in [-0.2, -0.15) is 4.31 Å². The van der Waals surface area contributed by atoms with Gasteiger partial charge < -0.3 is 15.0 Å². The Labute approximate surface area is 185 Å². The van der Waals surface area contributed by atoms with E-state index in [-0.39, 0.29) is 23.5 Å². The molecule has 1 aliphatic rings. The predicted octanol–water partition coefficient (Wildman–Crippen LogP) is 3.04. The van der Waals surface area contributed by atoms with Crippen molar-refractivity contribution in [3.8, 4) is 5.75 Å². The Morgan fingerprint density at radius 3 is 2.26 bits per heavy atom. The first-order valence-electron chi connectivity index (χ1n) is 10.4. The van der Waals surface area contributed by atoms with Crippen LogP contribution in [-0.4, -0.2) is 63.4 Å². The van der Waals surface area contributed by atoms with Crippen LogP contribution in [0.2, 0.25) is 0 Å². The van der Waals surface area contributed by atoms with Crippen LogP contribution in [0.15, 0.2) is 47.4 Å². The molecule has 2 aromatic rings. The standard InChI is InChI=1S/C23H31N3O4S/c1-17-13-18(2)15-21(14-17)30-16-23(27)24-19-5-7-22(8-6-19)31(28,29)26(4)20-9-11-25(3)12-10-20/h5-8,13-15,20H,9-12,16H2,1-4H3,(H,24,27). The summed E-state index contributed by atoms with van der Waals surface area (Å²) in [5.74, 6) is 0.337. The summed E-state index contributed by atoms with van der Waals surface area (Å²) < 4.78 is 33.0. The van der Waals surface area contributed by atoms with Gasteiger partial charge in [-0.1, -0.05) is 6.07 Å². The average Bonchev–Trinajstić information content (AvgIpc) is 2.72. The molecule has 2 aromatic carbocycles. The number of aryl methyl sites for hydroxylation is 2. The van der Waals surface area contributed by atoms with Gasteiger partial charge in [0.25, 0.3) is 5.91 Å². The van der Waals surface area contributed by atoms with Crippen molar-refractivity contribution in [3.05, 3.63) is 53.6 Å². The molecule has 7 nitrogen and oxygen atoms in total. The first-order valence-corrected chi connectivity index (χ1v) is 11.9. The van der Waals surface area contributed by atoms with Crippen molar-refractivity contribution < 1.29 is 17.9 Å². The minimum Gasteiger partial charge on any atom is -0.484 e. The number of ether oxygens (including phenoxy) is 1. The van der Waals surface area contributed by atoms with E-state index in [0.29, 0.717) is 11.4 Å². The summed E-state index contributed by atoms with van der Waals surface area (Å²) in [6.45, 7) is 5.60. The average molecular weight is 446 g/mol. The molecule has 0 radical (unpaired) electrons. The molecule has 0 unspecified atom stereocenters. The molecule has 31 heavy (non-hydrogen) atoms. The molecule has 1 aliphatic heterocycles. The van der Waals surface area contributed by atoms with E-state index in [1.54, 1.807) is 19.2 Å². The fourth-order valence-electron chi connectivity index (χ4n) is 3.79. The quantitative estimate of drug-likeness (QED) is 0.709. The van der Waals surface area contributed by atoms with Gasteiger partial charge in [-0.25, -0.2) is 8.42 Å². The van der Waals surface area contributed by atoms with Crippen LogP contribution in [0.4, 0.5) is 5.69 Å². The highest BCUT2D eigenvalue weighted by atomic mass is 32.2. The normalized spacial score (nSPS) is 15.8. The molecular formula is C23H31N3O4S. The number of sulfonamides is 1. The van der Waals surface area contributed by atoms with Gasteiger partial charge in [0.05, 0.1) is 4.90 Å². The van der Waals surface area contributed by atoms with Crippen molar-refractivity contribution in [2.75, 3.05) is 39.1 Å². The van der Waals surface area contributed by atoms with Crippen LogP contribution in [0.3, 0.4) is 0 Å². The summed E-state index contributed by atoms with van der Waals surface area (Å²) in [5.41, 5.74) is 2.66. The topological polar surface area (TPSA) is 78.9 Å². The Bertz CT molecular complexity index is 993. The van der Waals surface area contributed by atoms with E-state index in [1.165, 1.54) is 16.4 Å².